The standard InChI is InChI=1S/C19H24FNO3/c20-16-4-2-1-3-14(16)11-19(23)7-9-21(10-8-19)13-15-12-18(5-6-18)17(22)24-15/h1-4,15,23H,5-13H2. The zero-order valence-electron chi connectivity index (χ0n) is 13.8. The van der Waals surface area contributed by atoms with Crippen LogP contribution in [0, 0.1) is 11.2 Å². The molecule has 130 valence electrons. The third kappa shape index (κ3) is 3.07. The van der Waals surface area contributed by atoms with Crippen LogP contribution in [0.15, 0.2) is 24.3 Å². The first kappa shape index (κ1) is 16.0. The summed E-state index contributed by atoms with van der Waals surface area (Å²) in [6, 6.07) is 6.66. The van der Waals surface area contributed by atoms with Crippen LogP contribution in [0.1, 0.15) is 37.7 Å². The van der Waals surface area contributed by atoms with Gasteiger partial charge in [-0.3, -0.25) is 9.69 Å². The van der Waals surface area contributed by atoms with Crippen molar-refractivity contribution in [1.82, 2.24) is 4.90 Å². The molecule has 3 fully saturated rings. The molecule has 4 rings (SSSR count). The van der Waals surface area contributed by atoms with Crippen molar-refractivity contribution in [3.63, 3.8) is 0 Å². The molecule has 2 heterocycles. The van der Waals surface area contributed by atoms with Crippen molar-refractivity contribution < 1.29 is 19.0 Å². The summed E-state index contributed by atoms with van der Waals surface area (Å²) in [5.41, 5.74) is -0.414. The quantitative estimate of drug-likeness (QED) is 0.859. The Morgan fingerprint density at radius 3 is 2.54 bits per heavy atom. The summed E-state index contributed by atoms with van der Waals surface area (Å²) in [7, 11) is 0. The van der Waals surface area contributed by atoms with Crippen molar-refractivity contribution >= 4 is 5.97 Å². The van der Waals surface area contributed by atoms with Crippen LogP contribution < -0.4 is 0 Å². The number of aliphatic hydroxyl groups is 1. The molecule has 5 heteroatoms. The molecule has 1 aromatic rings. The summed E-state index contributed by atoms with van der Waals surface area (Å²) in [5.74, 6) is -0.262. The van der Waals surface area contributed by atoms with Crippen molar-refractivity contribution in [3.05, 3.63) is 35.6 Å². The second-order valence-electron chi connectivity index (χ2n) is 7.80. The maximum absolute atomic E-state index is 13.8. The van der Waals surface area contributed by atoms with Gasteiger partial charge in [-0.1, -0.05) is 18.2 Å². The predicted molar refractivity (Wildman–Crippen MR) is 86.9 cm³/mol. The fraction of sp³-hybridized carbons (Fsp3) is 0.632. The molecule has 1 saturated carbocycles. The number of nitrogens with zero attached hydrogens (tertiary/aromatic N) is 1. The smallest absolute Gasteiger partial charge is 0.312 e. The fourth-order valence-electron chi connectivity index (χ4n) is 4.11. The van der Waals surface area contributed by atoms with E-state index in [1.165, 1.54) is 6.07 Å². The lowest BCUT2D eigenvalue weighted by Crippen LogP contribution is -2.47. The van der Waals surface area contributed by atoms with Crippen LogP contribution in [-0.4, -0.2) is 47.3 Å². The summed E-state index contributed by atoms with van der Waals surface area (Å²) in [4.78, 5) is 14.1. The van der Waals surface area contributed by atoms with E-state index in [0.717, 1.165) is 38.9 Å². The van der Waals surface area contributed by atoms with E-state index in [9.17, 15) is 14.3 Å². The van der Waals surface area contributed by atoms with Gasteiger partial charge >= 0.3 is 5.97 Å². The number of rotatable bonds is 4. The molecule has 0 aromatic heterocycles. The van der Waals surface area contributed by atoms with Gasteiger partial charge in [-0.05, 0) is 37.3 Å². The second-order valence-corrected chi connectivity index (χ2v) is 7.80. The lowest BCUT2D eigenvalue weighted by Gasteiger charge is -2.39. The molecule has 0 amide bonds. The molecular formula is C19H24FNO3. The number of hydrogen-bond donors (Lipinski definition) is 1. The molecule has 0 radical (unpaired) electrons. The SMILES string of the molecule is O=C1OC(CN2CCC(O)(Cc3ccccc3F)CC2)CC12CC2. The average Bonchev–Trinajstić information content (AvgIpc) is 3.26. The lowest BCUT2D eigenvalue weighted by atomic mass is 9.85. The first-order chi connectivity index (χ1) is 11.5. The maximum atomic E-state index is 13.8. The van der Waals surface area contributed by atoms with Gasteiger partial charge in [0.15, 0.2) is 0 Å². The molecule has 1 atom stereocenters. The number of halogens is 1. The van der Waals surface area contributed by atoms with E-state index >= 15 is 0 Å². The minimum atomic E-state index is -0.844. The lowest BCUT2D eigenvalue weighted by molar-refractivity contribution is -0.146. The van der Waals surface area contributed by atoms with Gasteiger partial charge in [0.25, 0.3) is 0 Å². The number of carbonyl (C=O) groups excluding carboxylic acids is 1. The van der Waals surface area contributed by atoms with Crippen molar-refractivity contribution in [3.8, 4) is 0 Å². The molecule has 1 N–H and O–H groups in total. The topological polar surface area (TPSA) is 49.8 Å². The number of carbonyl (C=O) groups is 1. The second kappa shape index (κ2) is 5.81. The van der Waals surface area contributed by atoms with E-state index in [1.54, 1.807) is 18.2 Å². The highest BCUT2D eigenvalue weighted by Gasteiger charge is 2.57. The Kier molecular flexibility index (Phi) is 3.88. The van der Waals surface area contributed by atoms with E-state index in [1.807, 2.05) is 0 Å². The zero-order valence-corrected chi connectivity index (χ0v) is 13.8. The highest BCUT2D eigenvalue weighted by molar-refractivity contribution is 5.82. The Bertz CT molecular complexity index is 635. The van der Waals surface area contributed by atoms with Crippen LogP contribution in [0.4, 0.5) is 4.39 Å². The summed E-state index contributed by atoms with van der Waals surface area (Å²) >= 11 is 0. The predicted octanol–water partition coefficient (Wildman–Crippen LogP) is 2.29. The van der Waals surface area contributed by atoms with Crippen LogP contribution in [-0.2, 0) is 16.0 Å². The molecule has 0 bridgehead atoms. The molecule has 1 aromatic carbocycles. The average molecular weight is 333 g/mol. The molecule has 3 aliphatic rings. The molecule has 1 spiro atoms. The van der Waals surface area contributed by atoms with Crippen LogP contribution in [0.5, 0.6) is 0 Å². The Labute approximate surface area is 141 Å². The van der Waals surface area contributed by atoms with Gasteiger partial charge < -0.3 is 9.84 Å². The summed E-state index contributed by atoms with van der Waals surface area (Å²) in [6.45, 7) is 2.27. The Morgan fingerprint density at radius 1 is 1.21 bits per heavy atom. The third-order valence-corrected chi connectivity index (χ3v) is 5.90. The summed E-state index contributed by atoms with van der Waals surface area (Å²) in [5, 5.41) is 10.8. The van der Waals surface area contributed by atoms with Crippen molar-refractivity contribution in [2.24, 2.45) is 5.41 Å². The van der Waals surface area contributed by atoms with Crippen LogP contribution in [0.25, 0.3) is 0 Å². The van der Waals surface area contributed by atoms with Gasteiger partial charge in [-0.2, -0.15) is 0 Å². The van der Waals surface area contributed by atoms with E-state index in [-0.39, 0.29) is 23.3 Å². The molecule has 4 nitrogen and oxygen atoms in total. The minimum Gasteiger partial charge on any atom is -0.461 e. The number of ether oxygens (including phenoxy) is 1. The van der Waals surface area contributed by atoms with Gasteiger partial charge in [-0.25, -0.2) is 4.39 Å². The number of cyclic esters (lactones) is 1. The number of likely N-dealkylation sites (tertiary alicyclic amines) is 1. The molecule has 2 aliphatic heterocycles. The van der Waals surface area contributed by atoms with E-state index < -0.39 is 5.60 Å². The number of hydrogen-bond acceptors (Lipinski definition) is 4. The molecule has 1 aliphatic carbocycles. The number of benzene rings is 1. The first-order valence-corrected chi connectivity index (χ1v) is 8.87. The van der Waals surface area contributed by atoms with Crippen molar-refractivity contribution in [2.45, 2.75) is 50.2 Å². The largest absolute Gasteiger partial charge is 0.461 e. The minimum absolute atomic E-state index is 0.00207. The monoisotopic (exact) mass is 333 g/mol. The van der Waals surface area contributed by atoms with Crippen molar-refractivity contribution in [1.29, 1.82) is 0 Å². The Balaban J connectivity index is 1.30. The molecule has 1 unspecified atom stereocenters. The zero-order chi connectivity index (χ0) is 16.8. The fourth-order valence-corrected chi connectivity index (χ4v) is 4.11. The van der Waals surface area contributed by atoms with Crippen LogP contribution in [0.3, 0.4) is 0 Å². The third-order valence-electron chi connectivity index (χ3n) is 5.90. The van der Waals surface area contributed by atoms with E-state index in [2.05, 4.69) is 4.90 Å². The van der Waals surface area contributed by atoms with Crippen LogP contribution in [0.2, 0.25) is 0 Å². The Morgan fingerprint density at radius 2 is 1.92 bits per heavy atom. The van der Waals surface area contributed by atoms with Gasteiger partial charge in [0.05, 0.1) is 11.0 Å². The van der Waals surface area contributed by atoms with Gasteiger partial charge in [0, 0.05) is 32.5 Å². The van der Waals surface area contributed by atoms with Crippen molar-refractivity contribution in [2.75, 3.05) is 19.6 Å². The van der Waals surface area contributed by atoms with Gasteiger partial charge in [-0.15, -0.1) is 0 Å². The first-order valence-electron chi connectivity index (χ1n) is 8.87. The maximum Gasteiger partial charge on any atom is 0.312 e. The highest BCUT2D eigenvalue weighted by atomic mass is 19.1. The number of esters is 1. The molecule has 2 saturated heterocycles. The highest BCUT2D eigenvalue weighted by Crippen LogP contribution is 2.54. The molecule has 24 heavy (non-hydrogen) atoms. The summed E-state index contributed by atoms with van der Waals surface area (Å²) < 4.78 is 19.3. The van der Waals surface area contributed by atoms with Crippen LogP contribution >= 0.6 is 0 Å². The normalized spacial score (nSPS) is 28.1. The van der Waals surface area contributed by atoms with Gasteiger partial charge in [0.1, 0.15) is 11.9 Å². The van der Waals surface area contributed by atoms with E-state index in [4.69, 9.17) is 4.74 Å². The number of piperidine rings is 1. The van der Waals surface area contributed by atoms with Gasteiger partial charge in [0.2, 0.25) is 0 Å². The summed E-state index contributed by atoms with van der Waals surface area (Å²) in [6.07, 6.45) is 4.39. The molecular weight excluding hydrogens is 309 g/mol. The van der Waals surface area contributed by atoms with E-state index in [0.29, 0.717) is 24.8 Å². The Hall–Kier alpha value is -1.46.